The molecule has 2 aliphatic rings. The van der Waals surface area contributed by atoms with E-state index in [0.717, 1.165) is 26.1 Å². The summed E-state index contributed by atoms with van der Waals surface area (Å²) >= 11 is 0. The predicted octanol–water partition coefficient (Wildman–Crippen LogP) is 1.73. The maximum Gasteiger partial charge on any atom is 0.236 e. The highest BCUT2D eigenvalue weighted by atomic mass is 35.5. The van der Waals surface area contributed by atoms with Gasteiger partial charge in [0.05, 0.1) is 6.54 Å². The van der Waals surface area contributed by atoms with Gasteiger partial charge in [0.1, 0.15) is 0 Å². The molecular formula is C15H30ClN3O. The number of hydrogen-bond acceptors (Lipinski definition) is 3. The van der Waals surface area contributed by atoms with Crippen LogP contribution in [-0.2, 0) is 4.79 Å². The molecule has 3 atom stereocenters. The molecule has 2 N–H and O–H groups in total. The Morgan fingerprint density at radius 2 is 1.85 bits per heavy atom. The standard InChI is InChI=1S/C15H29N3O.ClH/c1-12-7-13(2)10-18(9-12)15(19)11-17-6-4-3-5-14(17)8-16;/h12-14H,3-11,16H2,1-2H3;1H. The van der Waals surface area contributed by atoms with Crippen LogP contribution in [0.2, 0.25) is 0 Å². The third-order valence-electron chi connectivity index (χ3n) is 4.58. The van der Waals surface area contributed by atoms with Gasteiger partial charge in [-0.15, -0.1) is 12.4 Å². The molecule has 20 heavy (non-hydrogen) atoms. The van der Waals surface area contributed by atoms with Crippen molar-refractivity contribution in [2.45, 2.75) is 45.6 Å². The molecule has 5 heteroatoms. The van der Waals surface area contributed by atoms with Gasteiger partial charge in [0.15, 0.2) is 0 Å². The summed E-state index contributed by atoms with van der Waals surface area (Å²) in [6.45, 7) is 8.65. The largest absolute Gasteiger partial charge is 0.341 e. The molecule has 2 saturated heterocycles. The van der Waals surface area contributed by atoms with Crippen molar-refractivity contribution in [2.75, 3.05) is 32.7 Å². The highest BCUT2D eigenvalue weighted by Gasteiger charge is 2.29. The lowest BCUT2D eigenvalue weighted by molar-refractivity contribution is -0.136. The molecule has 3 unspecified atom stereocenters. The van der Waals surface area contributed by atoms with Crippen LogP contribution >= 0.6 is 12.4 Å². The first kappa shape index (κ1) is 17.7. The first-order chi connectivity index (χ1) is 9.10. The number of likely N-dealkylation sites (tertiary alicyclic amines) is 2. The zero-order valence-electron chi connectivity index (χ0n) is 12.9. The highest BCUT2D eigenvalue weighted by Crippen LogP contribution is 2.22. The molecule has 2 fully saturated rings. The number of carbonyl (C=O) groups excluding carboxylic acids is 1. The minimum absolute atomic E-state index is 0. The molecule has 4 nitrogen and oxygen atoms in total. The summed E-state index contributed by atoms with van der Waals surface area (Å²) in [7, 11) is 0. The Balaban J connectivity index is 0.00000200. The Bertz CT molecular complexity index is 303. The third-order valence-corrected chi connectivity index (χ3v) is 4.58. The van der Waals surface area contributed by atoms with Gasteiger partial charge in [-0.1, -0.05) is 20.3 Å². The Morgan fingerprint density at radius 1 is 1.20 bits per heavy atom. The molecule has 0 aromatic heterocycles. The molecule has 0 spiro atoms. The topological polar surface area (TPSA) is 49.6 Å². The molecular weight excluding hydrogens is 274 g/mol. The van der Waals surface area contributed by atoms with Crippen molar-refractivity contribution in [3.05, 3.63) is 0 Å². The lowest BCUT2D eigenvalue weighted by Crippen LogP contribution is -2.51. The maximum atomic E-state index is 12.5. The van der Waals surface area contributed by atoms with E-state index in [-0.39, 0.29) is 12.4 Å². The average Bonchev–Trinajstić information content (AvgIpc) is 2.38. The summed E-state index contributed by atoms with van der Waals surface area (Å²) in [5.74, 6) is 1.58. The summed E-state index contributed by atoms with van der Waals surface area (Å²) in [6, 6.07) is 0.414. The van der Waals surface area contributed by atoms with Gasteiger partial charge in [0, 0.05) is 25.7 Å². The summed E-state index contributed by atoms with van der Waals surface area (Å²) in [5, 5.41) is 0. The SMILES string of the molecule is CC1CC(C)CN(C(=O)CN2CCCCC2CN)C1.Cl. The van der Waals surface area contributed by atoms with Crippen LogP contribution in [0, 0.1) is 11.8 Å². The first-order valence-electron chi connectivity index (χ1n) is 7.82. The zero-order chi connectivity index (χ0) is 13.8. The van der Waals surface area contributed by atoms with Gasteiger partial charge in [-0.05, 0) is 37.6 Å². The van der Waals surface area contributed by atoms with Gasteiger partial charge in [0.2, 0.25) is 5.91 Å². The minimum Gasteiger partial charge on any atom is -0.341 e. The van der Waals surface area contributed by atoms with E-state index >= 15 is 0 Å². The Morgan fingerprint density at radius 3 is 2.45 bits per heavy atom. The van der Waals surface area contributed by atoms with E-state index in [0.29, 0.717) is 36.9 Å². The van der Waals surface area contributed by atoms with Crippen molar-refractivity contribution in [2.24, 2.45) is 17.6 Å². The summed E-state index contributed by atoms with van der Waals surface area (Å²) in [6.07, 6.45) is 4.86. The smallest absolute Gasteiger partial charge is 0.236 e. The second kappa shape index (κ2) is 8.20. The third kappa shape index (κ3) is 4.61. The Hall–Kier alpha value is -0.320. The van der Waals surface area contributed by atoms with E-state index in [4.69, 9.17) is 5.73 Å². The van der Waals surface area contributed by atoms with Gasteiger partial charge < -0.3 is 10.6 Å². The van der Waals surface area contributed by atoms with Crippen LogP contribution in [0.4, 0.5) is 0 Å². The number of amides is 1. The molecule has 2 heterocycles. The number of hydrogen-bond donors (Lipinski definition) is 1. The van der Waals surface area contributed by atoms with E-state index < -0.39 is 0 Å². The van der Waals surface area contributed by atoms with Crippen LogP contribution in [0.1, 0.15) is 39.5 Å². The van der Waals surface area contributed by atoms with E-state index in [1.807, 2.05) is 0 Å². The summed E-state index contributed by atoms with van der Waals surface area (Å²) in [5.41, 5.74) is 5.83. The normalized spacial score (nSPS) is 31.8. The van der Waals surface area contributed by atoms with Crippen molar-refractivity contribution < 1.29 is 4.79 Å². The van der Waals surface area contributed by atoms with Crippen LogP contribution in [-0.4, -0.2) is 54.5 Å². The van der Waals surface area contributed by atoms with Crippen molar-refractivity contribution >= 4 is 18.3 Å². The van der Waals surface area contributed by atoms with Crippen molar-refractivity contribution in [1.29, 1.82) is 0 Å². The van der Waals surface area contributed by atoms with E-state index in [1.165, 1.54) is 19.3 Å². The summed E-state index contributed by atoms with van der Waals surface area (Å²) < 4.78 is 0. The van der Waals surface area contributed by atoms with E-state index in [2.05, 4.69) is 23.6 Å². The van der Waals surface area contributed by atoms with Crippen molar-refractivity contribution in [3.8, 4) is 0 Å². The fraction of sp³-hybridized carbons (Fsp3) is 0.933. The number of halogens is 1. The number of nitrogens with two attached hydrogens (primary N) is 1. The van der Waals surface area contributed by atoms with Gasteiger partial charge in [-0.3, -0.25) is 9.69 Å². The predicted molar refractivity (Wildman–Crippen MR) is 85.0 cm³/mol. The molecule has 2 aliphatic heterocycles. The number of nitrogens with zero attached hydrogens (tertiary/aromatic N) is 2. The molecule has 0 aromatic carbocycles. The van der Waals surface area contributed by atoms with Crippen molar-refractivity contribution in [3.63, 3.8) is 0 Å². The van der Waals surface area contributed by atoms with Crippen LogP contribution in [0.15, 0.2) is 0 Å². The quantitative estimate of drug-likeness (QED) is 0.864. The fourth-order valence-corrected chi connectivity index (χ4v) is 3.68. The number of rotatable bonds is 3. The monoisotopic (exact) mass is 303 g/mol. The second-order valence-corrected chi connectivity index (χ2v) is 6.60. The Labute approximate surface area is 129 Å². The van der Waals surface area contributed by atoms with Gasteiger partial charge in [-0.25, -0.2) is 0 Å². The van der Waals surface area contributed by atoms with Crippen LogP contribution < -0.4 is 5.73 Å². The van der Waals surface area contributed by atoms with Crippen LogP contribution in [0.25, 0.3) is 0 Å². The van der Waals surface area contributed by atoms with Crippen LogP contribution in [0.3, 0.4) is 0 Å². The van der Waals surface area contributed by atoms with Crippen LogP contribution in [0.5, 0.6) is 0 Å². The summed E-state index contributed by atoms with van der Waals surface area (Å²) in [4.78, 5) is 16.8. The maximum absolute atomic E-state index is 12.5. The number of piperidine rings is 2. The zero-order valence-corrected chi connectivity index (χ0v) is 13.7. The molecule has 0 radical (unpaired) electrons. The van der Waals surface area contributed by atoms with Gasteiger partial charge in [0.25, 0.3) is 0 Å². The molecule has 118 valence electrons. The highest BCUT2D eigenvalue weighted by molar-refractivity contribution is 5.85. The van der Waals surface area contributed by atoms with E-state index in [1.54, 1.807) is 0 Å². The molecule has 0 bridgehead atoms. The molecule has 0 aromatic rings. The fourth-order valence-electron chi connectivity index (χ4n) is 3.68. The van der Waals surface area contributed by atoms with Crippen molar-refractivity contribution in [1.82, 2.24) is 9.80 Å². The lowest BCUT2D eigenvalue weighted by Gasteiger charge is -2.39. The second-order valence-electron chi connectivity index (χ2n) is 6.60. The lowest BCUT2D eigenvalue weighted by atomic mass is 9.92. The average molecular weight is 304 g/mol. The molecule has 2 rings (SSSR count). The van der Waals surface area contributed by atoms with Gasteiger partial charge in [-0.2, -0.15) is 0 Å². The molecule has 0 aliphatic carbocycles. The molecule has 0 saturated carbocycles. The van der Waals surface area contributed by atoms with Gasteiger partial charge >= 0.3 is 0 Å². The first-order valence-corrected chi connectivity index (χ1v) is 7.82. The minimum atomic E-state index is 0. The van der Waals surface area contributed by atoms with E-state index in [9.17, 15) is 4.79 Å². The number of carbonyl (C=O) groups is 1. The molecule has 1 amide bonds. The Kier molecular flexibility index (Phi) is 7.27.